The minimum Gasteiger partial charge on any atom is -0.486 e. The van der Waals surface area contributed by atoms with Crippen LogP contribution in [0.15, 0.2) is 45.3 Å². The van der Waals surface area contributed by atoms with Crippen molar-refractivity contribution in [3.8, 4) is 5.75 Å². The van der Waals surface area contributed by atoms with Crippen molar-refractivity contribution in [3.05, 3.63) is 52.4 Å². The van der Waals surface area contributed by atoms with Crippen LogP contribution in [0, 0.1) is 0 Å². The molecule has 2 heterocycles. The smallest absolute Gasteiger partial charge is 0.287 e. The van der Waals surface area contributed by atoms with Crippen LogP contribution in [0.2, 0.25) is 0 Å². The van der Waals surface area contributed by atoms with Crippen LogP contribution in [0.1, 0.15) is 36.1 Å². The Morgan fingerprint density at radius 3 is 2.88 bits per heavy atom. The summed E-state index contributed by atoms with van der Waals surface area (Å²) < 4.78 is 12.3. The molecule has 2 aromatic rings. The van der Waals surface area contributed by atoms with Gasteiger partial charge in [0, 0.05) is 16.6 Å². The molecule has 3 rings (SSSR count). The van der Waals surface area contributed by atoms with Crippen molar-refractivity contribution < 1.29 is 13.9 Å². The highest BCUT2D eigenvalue weighted by Crippen LogP contribution is 2.18. The van der Waals surface area contributed by atoms with Gasteiger partial charge in [-0.05, 0) is 62.7 Å². The molecule has 5 nitrogen and oxygen atoms in total. The molecule has 0 spiro atoms. The third-order valence-corrected chi connectivity index (χ3v) is 4.69. The molecule has 1 saturated heterocycles. The Morgan fingerprint density at radius 1 is 1.33 bits per heavy atom. The van der Waals surface area contributed by atoms with Gasteiger partial charge in [-0.25, -0.2) is 0 Å². The third-order valence-electron chi connectivity index (χ3n) is 4.16. The van der Waals surface area contributed by atoms with Crippen LogP contribution in [0.4, 0.5) is 0 Å². The van der Waals surface area contributed by atoms with E-state index in [1.54, 1.807) is 12.1 Å². The van der Waals surface area contributed by atoms with Crippen LogP contribution in [-0.4, -0.2) is 24.5 Å². The van der Waals surface area contributed by atoms with Gasteiger partial charge in [0.1, 0.15) is 18.1 Å². The van der Waals surface area contributed by atoms with E-state index in [-0.39, 0.29) is 24.6 Å². The largest absolute Gasteiger partial charge is 0.486 e. The van der Waals surface area contributed by atoms with Crippen molar-refractivity contribution in [1.82, 2.24) is 10.6 Å². The first-order valence-electron chi connectivity index (χ1n) is 8.13. The second-order valence-electron chi connectivity index (χ2n) is 5.97. The van der Waals surface area contributed by atoms with Crippen LogP contribution < -0.4 is 15.4 Å². The first kappa shape index (κ1) is 17.0. The summed E-state index contributed by atoms with van der Waals surface area (Å²) in [6.07, 6.45) is 2.06. The molecule has 24 heavy (non-hydrogen) atoms. The Morgan fingerprint density at radius 2 is 2.12 bits per heavy atom. The van der Waals surface area contributed by atoms with Gasteiger partial charge in [0.15, 0.2) is 5.76 Å². The zero-order valence-electron chi connectivity index (χ0n) is 13.5. The number of hydrogen-bond donors (Lipinski definition) is 2. The second kappa shape index (κ2) is 7.85. The predicted molar refractivity (Wildman–Crippen MR) is 95.1 cm³/mol. The van der Waals surface area contributed by atoms with Crippen LogP contribution in [0.3, 0.4) is 0 Å². The molecule has 0 radical (unpaired) electrons. The van der Waals surface area contributed by atoms with Gasteiger partial charge in [-0.2, -0.15) is 0 Å². The van der Waals surface area contributed by atoms with E-state index < -0.39 is 0 Å². The van der Waals surface area contributed by atoms with Gasteiger partial charge in [0.2, 0.25) is 0 Å². The van der Waals surface area contributed by atoms with Crippen molar-refractivity contribution in [3.63, 3.8) is 0 Å². The van der Waals surface area contributed by atoms with Crippen LogP contribution in [0.5, 0.6) is 5.75 Å². The van der Waals surface area contributed by atoms with Gasteiger partial charge in [-0.15, -0.1) is 0 Å². The standard InChI is InChI=1S/C18H21BrN2O3/c1-12-16(3-2-10-20-12)21-18(22)17-9-8-15(24-17)11-23-14-6-4-13(19)5-7-14/h4-9,12,16,20H,2-3,10-11H2,1H3,(H,21,22). The fourth-order valence-corrected chi connectivity index (χ4v) is 3.01. The van der Waals surface area contributed by atoms with E-state index in [1.165, 1.54) is 0 Å². The van der Waals surface area contributed by atoms with E-state index in [4.69, 9.17) is 9.15 Å². The molecular formula is C18H21BrN2O3. The lowest BCUT2D eigenvalue weighted by molar-refractivity contribution is 0.0887. The van der Waals surface area contributed by atoms with Gasteiger partial charge >= 0.3 is 0 Å². The molecule has 2 atom stereocenters. The van der Waals surface area contributed by atoms with E-state index in [0.717, 1.165) is 29.6 Å². The molecule has 0 aliphatic carbocycles. The lowest BCUT2D eigenvalue weighted by Crippen LogP contribution is -2.51. The number of ether oxygens (including phenoxy) is 1. The number of halogens is 1. The minimum absolute atomic E-state index is 0.138. The average Bonchev–Trinajstić information content (AvgIpc) is 3.06. The number of piperidine rings is 1. The molecule has 1 fully saturated rings. The maximum atomic E-state index is 12.3. The molecule has 1 aromatic carbocycles. The molecule has 1 aliphatic heterocycles. The lowest BCUT2D eigenvalue weighted by Gasteiger charge is -2.30. The van der Waals surface area contributed by atoms with Crippen LogP contribution >= 0.6 is 15.9 Å². The summed E-state index contributed by atoms with van der Waals surface area (Å²) in [6, 6.07) is 11.4. The third kappa shape index (κ3) is 4.39. The number of nitrogens with one attached hydrogen (secondary N) is 2. The maximum Gasteiger partial charge on any atom is 0.287 e. The number of benzene rings is 1. The SMILES string of the molecule is CC1NCCCC1NC(=O)c1ccc(COc2ccc(Br)cc2)o1. The molecule has 0 saturated carbocycles. The summed E-state index contributed by atoms with van der Waals surface area (Å²) in [6.45, 7) is 3.38. The van der Waals surface area contributed by atoms with Crippen molar-refractivity contribution in [2.24, 2.45) is 0 Å². The molecule has 1 aromatic heterocycles. The molecule has 0 bridgehead atoms. The van der Waals surface area contributed by atoms with Gasteiger partial charge in [0.25, 0.3) is 5.91 Å². The number of carbonyl (C=O) groups is 1. The molecule has 1 amide bonds. The fraction of sp³-hybridized carbons (Fsp3) is 0.389. The van der Waals surface area contributed by atoms with Crippen molar-refractivity contribution in [1.29, 1.82) is 0 Å². The zero-order chi connectivity index (χ0) is 16.9. The van der Waals surface area contributed by atoms with E-state index in [1.807, 2.05) is 24.3 Å². The Kier molecular flexibility index (Phi) is 5.58. The van der Waals surface area contributed by atoms with Gasteiger partial charge in [-0.1, -0.05) is 15.9 Å². The summed E-state index contributed by atoms with van der Waals surface area (Å²) in [5, 5.41) is 6.40. The van der Waals surface area contributed by atoms with Crippen LogP contribution in [-0.2, 0) is 6.61 Å². The summed E-state index contributed by atoms with van der Waals surface area (Å²) in [7, 11) is 0. The Labute approximate surface area is 149 Å². The first-order chi connectivity index (χ1) is 11.6. The van der Waals surface area contributed by atoms with Gasteiger partial charge in [0.05, 0.1) is 0 Å². The molecule has 2 unspecified atom stereocenters. The first-order valence-corrected chi connectivity index (χ1v) is 8.92. The molecule has 6 heteroatoms. The second-order valence-corrected chi connectivity index (χ2v) is 6.89. The summed E-state index contributed by atoms with van der Waals surface area (Å²) >= 11 is 3.38. The number of furan rings is 1. The summed E-state index contributed by atoms with van der Waals surface area (Å²) in [5.74, 6) is 1.52. The number of hydrogen-bond acceptors (Lipinski definition) is 4. The van der Waals surface area contributed by atoms with E-state index >= 15 is 0 Å². The van der Waals surface area contributed by atoms with Crippen LogP contribution in [0.25, 0.3) is 0 Å². The topological polar surface area (TPSA) is 63.5 Å². The normalized spacial score (nSPS) is 20.6. The highest BCUT2D eigenvalue weighted by Gasteiger charge is 2.24. The number of rotatable bonds is 5. The lowest BCUT2D eigenvalue weighted by atomic mass is 10.00. The van der Waals surface area contributed by atoms with Gasteiger partial charge in [-0.3, -0.25) is 4.79 Å². The highest BCUT2D eigenvalue weighted by atomic mass is 79.9. The van der Waals surface area contributed by atoms with Crippen molar-refractivity contribution in [2.75, 3.05) is 6.54 Å². The molecular weight excluding hydrogens is 372 g/mol. The average molecular weight is 393 g/mol. The number of amides is 1. The van der Waals surface area contributed by atoms with E-state index in [0.29, 0.717) is 11.5 Å². The quantitative estimate of drug-likeness (QED) is 0.817. The monoisotopic (exact) mass is 392 g/mol. The summed E-state index contributed by atoms with van der Waals surface area (Å²) in [5.41, 5.74) is 0. The Balaban J connectivity index is 1.54. The molecule has 1 aliphatic rings. The number of carbonyl (C=O) groups excluding carboxylic acids is 1. The fourth-order valence-electron chi connectivity index (χ4n) is 2.74. The molecule has 2 N–H and O–H groups in total. The Bertz CT molecular complexity index is 684. The van der Waals surface area contributed by atoms with E-state index in [9.17, 15) is 4.79 Å². The summed E-state index contributed by atoms with van der Waals surface area (Å²) in [4.78, 5) is 12.3. The highest BCUT2D eigenvalue weighted by molar-refractivity contribution is 9.10. The molecule has 128 valence electrons. The maximum absolute atomic E-state index is 12.3. The predicted octanol–water partition coefficient (Wildman–Crippen LogP) is 3.49. The van der Waals surface area contributed by atoms with Gasteiger partial charge < -0.3 is 19.8 Å². The van der Waals surface area contributed by atoms with Crippen molar-refractivity contribution >= 4 is 21.8 Å². The Hall–Kier alpha value is -1.79. The van der Waals surface area contributed by atoms with E-state index in [2.05, 4.69) is 33.5 Å². The zero-order valence-corrected chi connectivity index (χ0v) is 15.1. The minimum atomic E-state index is -0.176. The van der Waals surface area contributed by atoms with Crippen molar-refractivity contribution in [2.45, 2.75) is 38.5 Å².